The standard InChI is InChI=1S/C30H27Cl2FN6O4S2/c1-45(41,42)43-14-16-10-19(11-16)17-2-4-18(5-3-17)27-24-21(31)6-7-22(32)25(24)37-39(27)28(29(40)36-30-34-8-9-44-30)26-23-12-20(33)13-38(23)15-35-26/h2-9,15-16,19-20,28H,10-14H2,1H3,(H,34,36,40)/t16?,19?,20-,28?/m1/s1. The van der Waals surface area contributed by atoms with E-state index in [2.05, 4.69) is 15.3 Å². The number of aromatic nitrogens is 5. The molecule has 3 aromatic heterocycles. The molecule has 1 saturated carbocycles. The first-order valence-electron chi connectivity index (χ1n) is 14.2. The normalized spacial score (nSPS) is 20.2. The Bertz CT molecular complexity index is 2010. The number of amides is 1. The zero-order valence-electron chi connectivity index (χ0n) is 23.9. The van der Waals surface area contributed by atoms with Gasteiger partial charge in [-0.25, -0.2) is 19.0 Å². The first-order valence-corrected chi connectivity index (χ1v) is 17.7. The molecule has 234 valence electrons. The first-order chi connectivity index (χ1) is 21.6. The molecule has 1 unspecified atom stereocenters. The Morgan fingerprint density at radius 2 is 1.91 bits per heavy atom. The monoisotopic (exact) mass is 688 g/mol. The summed E-state index contributed by atoms with van der Waals surface area (Å²) in [4.78, 5) is 22.9. The molecule has 2 atom stereocenters. The summed E-state index contributed by atoms with van der Waals surface area (Å²) in [5.74, 6) is 0.00222. The molecule has 1 aliphatic carbocycles. The van der Waals surface area contributed by atoms with Crippen LogP contribution in [0.4, 0.5) is 9.52 Å². The molecule has 0 bridgehead atoms. The third kappa shape index (κ3) is 5.87. The molecule has 2 aromatic carbocycles. The van der Waals surface area contributed by atoms with Crippen molar-refractivity contribution in [1.82, 2.24) is 24.3 Å². The Kier molecular flexibility index (Phi) is 7.93. The summed E-state index contributed by atoms with van der Waals surface area (Å²) in [5, 5.41) is 11.2. The molecule has 2 aliphatic rings. The van der Waals surface area contributed by atoms with Crippen molar-refractivity contribution >= 4 is 66.6 Å². The van der Waals surface area contributed by atoms with E-state index in [9.17, 15) is 17.6 Å². The number of rotatable bonds is 9. The highest BCUT2D eigenvalue weighted by Gasteiger charge is 2.37. The first kappa shape index (κ1) is 30.3. The maximum absolute atomic E-state index is 14.5. The molecule has 15 heteroatoms. The number of nitrogens with zero attached hydrogens (tertiary/aromatic N) is 5. The van der Waals surface area contributed by atoms with E-state index in [1.54, 1.807) is 39.3 Å². The topological polar surface area (TPSA) is 121 Å². The van der Waals surface area contributed by atoms with Crippen LogP contribution in [0.15, 0.2) is 54.3 Å². The molecule has 1 amide bonds. The number of hydrogen-bond acceptors (Lipinski definition) is 8. The Morgan fingerprint density at radius 1 is 1.16 bits per heavy atom. The number of carbonyl (C=O) groups excluding carboxylic acids is 1. The summed E-state index contributed by atoms with van der Waals surface area (Å²) in [6, 6.07) is 10.2. The van der Waals surface area contributed by atoms with E-state index >= 15 is 0 Å². The van der Waals surface area contributed by atoms with Gasteiger partial charge in [0.1, 0.15) is 11.7 Å². The molecule has 5 aromatic rings. The lowest BCUT2D eigenvalue weighted by Crippen LogP contribution is -2.29. The van der Waals surface area contributed by atoms with Gasteiger partial charge in [0.05, 0.1) is 47.2 Å². The number of imidazole rings is 1. The lowest BCUT2D eigenvalue weighted by Gasteiger charge is -2.35. The van der Waals surface area contributed by atoms with Gasteiger partial charge in [-0.05, 0) is 42.4 Å². The molecule has 4 heterocycles. The van der Waals surface area contributed by atoms with E-state index in [0.717, 1.165) is 30.2 Å². The second-order valence-corrected chi connectivity index (χ2v) is 14.8. The molecular formula is C30H27Cl2FN6O4S2. The SMILES string of the molecule is CS(=O)(=O)OCC1CC(c2ccc(-c3c4c(Cl)ccc(Cl)c4nn3C(C(=O)Nc3nccs3)c3ncn4c3C[C@@H](F)C4)cc2)C1. The van der Waals surface area contributed by atoms with Crippen LogP contribution >= 0.6 is 34.5 Å². The minimum atomic E-state index is -3.47. The second kappa shape index (κ2) is 11.8. The number of carbonyl (C=O) groups is 1. The van der Waals surface area contributed by atoms with Gasteiger partial charge in [0.15, 0.2) is 11.2 Å². The minimum absolute atomic E-state index is 0.125. The summed E-state index contributed by atoms with van der Waals surface area (Å²) in [6.45, 7) is 0.349. The number of nitrogens with one attached hydrogen (secondary N) is 1. The molecule has 0 saturated heterocycles. The van der Waals surface area contributed by atoms with Crippen molar-refractivity contribution < 1.29 is 21.8 Å². The molecule has 0 spiro atoms. The summed E-state index contributed by atoms with van der Waals surface area (Å²) < 4.78 is 45.5. The average molecular weight is 690 g/mol. The van der Waals surface area contributed by atoms with E-state index in [1.165, 1.54) is 11.3 Å². The lowest BCUT2D eigenvalue weighted by molar-refractivity contribution is -0.118. The van der Waals surface area contributed by atoms with Crippen molar-refractivity contribution in [2.45, 2.75) is 43.9 Å². The van der Waals surface area contributed by atoms with Crippen molar-refractivity contribution in [3.05, 3.63) is 81.3 Å². The zero-order chi connectivity index (χ0) is 31.5. The van der Waals surface area contributed by atoms with Crippen molar-refractivity contribution in [3.63, 3.8) is 0 Å². The van der Waals surface area contributed by atoms with Crippen LogP contribution in [0.3, 0.4) is 0 Å². The highest BCUT2D eigenvalue weighted by Crippen LogP contribution is 2.44. The Morgan fingerprint density at radius 3 is 2.62 bits per heavy atom. The van der Waals surface area contributed by atoms with Crippen LogP contribution in [-0.2, 0) is 32.1 Å². The lowest BCUT2D eigenvalue weighted by atomic mass is 9.72. The zero-order valence-corrected chi connectivity index (χ0v) is 27.0. The fourth-order valence-electron chi connectivity index (χ4n) is 6.21. The summed E-state index contributed by atoms with van der Waals surface area (Å²) in [5.41, 5.74) is 3.84. The summed E-state index contributed by atoms with van der Waals surface area (Å²) >= 11 is 14.7. The molecule has 7 rings (SSSR count). The van der Waals surface area contributed by atoms with Gasteiger partial charge >= 0.3 is 0 Å². The van der Waals surface area contributed by atoms with Gasteiger partial charge in [0, 0.05) is 34.6 Å². The van der Waals surface area contributed by atoms with Crippen LogP contribution in [0.1, 0.15) is 41.8 Å². The molecule has 10 nitrogen and oxygen atoms in total. The van der Waals surface area contributed by atoms with E-state index in [4.69, 9.17) is 32.5 Å². The highest BCUT2D eigenvalue weighted by atomic mass is 35.5. The van der Waals surface area contributed by atoms with Crippen LogP contribution in [0, 0.1) is 5.92 Å². The predicted octanol–water partition coefficient (Wildman–Crippen LogP) is 6.26. The quantitative estimate of drug-likeness (QED) is 0.182. The Labute approximate surface area is 272 Å². The minimum Gasteiger partial charge on any atom is -0.331 e. The van der Waals surface area contributed by atoms with Gasteiger partial charge < -0.3 is 4.57 Å². The number of halogens is 3. The maximum Gasteiger partial charge on any atom is 0.264 e. The van der Waals surface area contributed by atoms with Gasteiger partial charge in [-0.3, -0.25) is 14.3 Å². The van der Waals surface area contributed by atoms with Crippen molar-refractivity contribution in [1.29, 1.82) is 0 Å². The van der Waals surface area contributed by atoms with Crippen LogP contribution in [0.2, 0.25) is 10.0 Å². The fourth-order valence-corrected chi connectivity index (χ4v) is 7.61. The van der Waals surface area contributed by atoms with Crippen LogP contribution < -0.4 is 5.32 Å². The summed E-state index contributed by atoms with van der Waals surface area (Å²) in [7, 11) is -3.47. The van der Waals surface area contributed by atoms with Gasteiger partial charge in [0.25, 0.3) is 16.0 Å². The number of thiazole rings is 1. The van der Waals surface area contributed by atoms with Crippen molar-refractivity contribution in [3.8, 4) is 11.3 Å². The Hall–Kier alpha value is -3.36. The number of fused-ring (bicyclic) bond motifs is 2. The van der Waals surface area contributed by atoms with Crippen LogP contribution in [0.25, 0.3) is 22.2 Å². The second-order valence-electron chi connectivity index (χ2n) is 11.5. The third-order valence-corrected chi connectivity index (χ3v) is 10.2. The van der Waals surface area contributed by atoms with Gasteiger partial charge in [-0.15, -0.1) is 11.3 Å². The summed E-state index contributed by atoms with van der Waals surface area (Å²) in [6.07, 6.45) is 4.88. The molecule has 1 fully saturated rings. The third-order valence-electron chi connectivity index (χ3n) is 8.36. The predicted molar refractivity (Wildman–Crippen MR) is 171 cm³/mol. The average Bonchev–Trinajstić information content (AvgIpc) is 3.76. The van der Waals surface area contributed by atoms with E-state index in [1.807, 2.05) is 24.3 Å². The molecule has 45 heavy (non-hydrogen) atoms. The van der Waals surface area contributed by atoms with E-state index in [0.29, 0.717) is 43.2 Å². The van der Waals surface area contributed by atoms with E-state index in [-0.39, 0.29) is 31.4 Å². The largest absolute Gasteiger partial charge is 0.331 e. The number of benzene rings is 2. The maximum atomic E-state index is 14.5. The molecule has 1 aliphatic heterocycles. The number of anilines is 1. The van der Waals surface area contributed by atoms with Crippen LogP contribution in [-0.4, -0.2) is 57.7 Å². The fraction of sp³-hybridized carbons (Fsp3) is 0.333. The molecule has 1 N–H and O–H groups in total. The van der Waals surface area contributed by atoms with Crippen molar-refractivity contribution in [2.75, 3.05) is 18.2 Å². The Balaban J connectivity index is 1.30. The smallest absolute Gasteiger partial charge is 0.264 e. The van der Waals surface area contributed by atoms with Crippen molar-refractivity contribution in [2.24, 2.45) is 5.92 Å². The van der Waals surface area contributed by atoms with Gasteiger partial charge in [-0.1, -0.05) is 47.5 Å². The van der Waals surface area contributed by atoms with E-state index < -0.39 is 28.2 Å². The highest BCUT2D eigenvalue weighted by molar-refractivity contribution is 7.85. The molecular weight excluding hydrogens is 662 g/mol. The van der Waals surface area contributed by atoms with Crippen LogP contribution in [0.5, 0.6) is 0 Å². The van der Waals surface area contributed by atoms with Gasteiger partial charge in [0.2, 0.25) is 0 Å². The number of hydrogen-bond donors (Lipinski definition) is 1. The van der Waals surface area contributed by atoms with Gasteiger partial charge in [-0.2, -0.15) is 13.5 Å². The molecule has 0 radical (unpaired) electrons. The number of alkyl halides is 1.